The molecular weight excluding hydrogens is 412 g/mol. The number of rotatable bonds is 6. The molecule has 1 aliphatic heterocycles. The van der Waals surface area contributed by atoms with Crippen molar-refractivity contribution in [2.75, 3.05) is 36.5 Å². The molecule has 0 aliphatic carbocycles. The van der Waals surface area contributed by atoms with Crippen LogP contribution in [-0.2, 0) is 14.8 Å². The Morgan fingerprint density at radius 3 is 2.33 bits per heavy atom. The number of hydrazine groups is 1. The van der Waals surface area contributed by atoms with Gasteiger partial charge in [-0.2, -0.15) is 0 Å². The van der Waals surface area contributed by atoms with Gasteiger partial charge in [0.25, 0.3) is 15.7 Å². The van der Waals surface area contributed by atoms with Crippen molar-refractivity contribution in [2.24, 2.45) is 0 Å². The average Bonchev–Trinajstić information content (AvgIpc) is 2.75. The predicted molar refractivity (Wildman–Crippen MR) is 109 cm³/mol. The number of nitrogens with one attached hydrogen (secondary N) is 2. The Morgan fingerprint density at radius 1 is 1.00 bits per heavy atom. The summed E-state index contributed by atoms with van der Waals surface area (Å²) < 4.78 is 33.5. The molecule has 156 valence electrons. The lowest BCUT2D eigenvalue weighted by Crippen LogP contribution is -2.40. The maximum atomic E-state index is 12.9. The molecule has 2 heterocycles. The van der Waals surface area contributed by atoms with Gasteiger partial charge in [0.2, 0.25) is 0 Å². The van der Waals surface area contributed by atoms with E-state index in [1.165, 1.54) is 18.2 Å². The molecule has 0 amide bonds. The van der Waals surface area contributed by atoms with Crippen LogP contribution in [0.25, 0.3) is 11.0 Å². The fourth-order valence-electron chi connectivity index (χ4n) is 2.92. The molecule has 0 spiro atoms. The van der Waals surface area contributed by atoms with Crippen LogP contribution < -0.4 is 10.1 Å². The molecule has 1 saturated heterocycles. The molecule has 30 heavy (non-hydrogen) atoms. The molecule has 0 bridgehead atoms. The predicted octanol–water partition coefficient (Wildman–Crippen LogP) is 2.00. The summed E-state index contributed by atoms with van der Waals surface area (Å²) in [7, 11) is -4.14. The summed E-state index contributed by atoms with van der Waals surface area (Å²) in [6.07, 6.45) is 0. The average molecular weight is 430 g/mol. The zero-order valence-electron chi connectivity index (χ0n) is 15.7. The standard InChI is InChI=1S/C18H18N6O5S/c25-24(26)13-4-3-5-14(12-13)30(27,28)22-18-17(21-23-8-10-29-11-9-23)19-15-6-1-2-7-16(15)20-18/h1-7,12H,8-11H2,(H,19,21)(H,20,22). The van der Waals surface area contributed by atoms with Crippen LogP contribution in [0.15, 0.2) is 53.4 Å². The Kier molecular flexibility index (Phi) is 5.44. The number of benzene rings is 2. The highest BCUT2D eigenvalue weighted by Crippen LogP contribution is 2.26. The van der Waals surface area contributed by atoms with Gasteiger partial charge in [-0.25, -0.2) is 23.4 Å². The Labute approximate surface area is 171 Å². The number of fused-ring (bicyclic) bond motifs is 1. The van der Waals surface area contributed by atoms with Gasteiger partial charge >= 0.3 is 0 Å². The summed E-state index contributed by atoms with van der Waals surface area (Å²) in [6.45, 7) is 2.24. The van der Waals surface area contributed by atoms with Crippen LogP contribution in [0.2, 0.25) is 0 Å². The number of morpholine rings is 1. The molecule has 1 aromatic heterocycles. The Hall–Kier alpha value is -3.35. The molecule has 0 atom stereocenters. The second kappa shape index (κ2) is 8.18. The molecule has 1 aliphatic rings. The third-order valence-corrected chi connectivity index (χ3v) is 5.75. The minimum Gasteiger partial charge on any atom is -0.379 e. The van der Waals surface area contributed by atoms with Crippen molar-refractivity contribution in [3.8, 4) is 0 Å². The summed E-state index contributed by atoms with van der Waals surface area (Å²) in [5.41, 5.74) is 3.86. The van der Waals surface area contributed by atoms with E-state index < -0.39 is 14.9 Å². The van der Waals surface area contributed by atoms with E-state index in [1.54, 1.807) is 18.2 Å². The number of hydrogen-bond donors (Lipinski definition) is 2. The van der Waals surface area contributed by atoms with Crippen LogP contribution in [0, 0.1) is 10.1 Å². The van der Waals surface area contributed by atoms with Crippen LogP contribution in [-0.4, -0.2) is 54.6 Å². The highest BCUT2D eigenvalue weighted by atomic mass is 32.2. The van der Waals surface area contributed by atoms with E-state index >= 15 is 0 Å². The van der Waals surface area contributed by atoms with Gasteiger partial charge in [0, 0.05) is 25.2 Å². The van der Waals surface area contributed by atoms with Crippen molar-refractivity contribution in [1.29, 1.82) is 0 Å². The van der Waals surface area contributed by atoms with Crippen LogP contribution in [0.4, 0.5) is 17.3 Å². The lowest BCUT2D eigenvalue weighted by molar-refractivity contribution is -0.385. The van der Waals surface area contributed by atoms with Gasteiger partial charge in [0.05, 0.1) is 34.1 Å². The van der Waals surface area contributed by atoms with E-state index in [9.17, 15) is 18.5 Å². The smallest absolute Gasteiger partial charge is 0.270 e. The number of nitro groups is 1. The first-order chi connectivity index (χ1) is 14.4. The SMILES string of the molecule is O=[N+]([O-])c1cccc(S(=O)(=O)Nc2nc3ccccc3nc2NN2CCOCC2)c1. The molecule has 0 unspecified atom stereocenters. The second-order valence-corrected chi connectivity index (χ2v) is 8.16. The van der Waals surface area contributed by atoms with Crippen LogP contribution in [0.1, 0.15) is 0 Å². The second-order valence-electron chi connectivity index (χ2n) is 6.48. The molecule has 3 aromatic rings. The van der Waals surface area contributed by atoms with Gasteiger partial charge in [-0.3, -0.25) is 20.3 Å². The first-order valence-electron chi connectivity index (χ1n) is 9.06. The Morgan fingerprint density at radius 2 is 1.67 bits per heavy atom. The number of aromatic nitrogens is 2. The van der Waals surface area contributed by atoms with Gasteiger partial charge in [-0.15, -0.1) is 0 Å². The minimum absolute atomic E-state index is 0.00769. The van der Waals surface area contributed by atoms with Crippen LogP contribution >= 0.6 is 0 Å². The summed E-state index contributed by atoms with van der Waals surface area (Å²) in [5.74, 6) is 0.219. The minimum atomic E-state index is -4.14. The molecule has 0 radical (unpaired) electrons. The fourth-order valence-corrected chi connectivity index (χ4v) is 3.97. The van der Waals surface area contributed by atoms with E-state index in [-0.39, 0.29) is 22.2 Å². The van der Waals surface area contributed by atoms with Gasteiger partial charge in [0.1, 0.15) is 0 Å². The summed E-state index contributed by atoms with van der Waals surface area (Å²) in [6, 6.07) is 11.9. The number of hydrogen-bond acceptors (Lipinski definition) is 9. The Bertz CT molecular complexity index is 1200. The summed E-state index contributed by atoms with van der Waals surface area (Å²) in [4.78, 5) is 19.0. The maximum absolute atomic E-state index is 12.9. The fraction of sp³-hybridized carbons (Fsp3) is 0.222. The molecular formula is C18H18N6O5S. The summed E-state index contributed by atoms with van der Waals surface area (Å²) in [5, 5.41) is 12.9. The Balaban J connectivity index is 1.72. The maximum Gasteiger partial charge on any atom is 0.270 e. The zero-order valence-corrected chi connectivity index (χ0v) is 16.5. The van der Waals surface area contributed by atoms with Crippen LogP contribution in [0.3, 0.4) is 0 Å². The van der Waals surface area contributed by atoms with E-state index in [4.69, 9.17) is 4.74 Å². The van der Waals surface area contributed by atoms with Crippen molar-refractivity contribution in [2.45, 2.75) is 4.90 Å². The molecule has 2 N–H and O–H groups in total. The largest absolute Gasteiger partial charge is 0.379 e. The zero-order chi connectivity index (χ0) is 21.1. The number of sulfonamides is 1. The quantitative estimate of drug-likeness (QED) is 0.444. The van der Waals surface area contributed by atoms with Crippen LogP contribution in [0.5, 0.6) is 0 Å². The molecule has 1 fully saturated rings. The first kappa shape index (κ1) is 19.9. The number of nitrogens with zero attached hydrogens (tertiary/aromatic N) is 4. The molecule has 0 saturated carbocycles. The third-order valence-electron chi connectivity index (χ3n) is 4.42. The number of para-hydroxylation sites is 2. The van der Waals surface area contributed by atoms with Crippen molar-refractivity contribution < 1.29 is 18.1 Å². The molecule has 2 aromatic carbocycles. The molecule has 12 heteroatoms. The molecule has 4 rings (SSSR count). The highest BCUT2D eigenvalue weighted by Gasteiger charge is 2.22. The van der Waals surface area contributed by atoms with Gasteiger partial charge in [0.15, 0.2) is 11.6 Å². The van der Waals surface area contributed by atoms with Gasteiger partial charge in [-0.1, -0.05) is 18.2 Å². The van der Waals surface area contributed by atoms with E-state index in [0.717, 1.165) is 6.07 Å². The number of non-ortho nitro benzene ring substituents is 1. The number of anilines is 2. The van der Waals surface area contributed by atoms with E-state index in [0.29, 0.717) is 37.3 Å². The number of nitro benzene ring substituents is 1. The van der Waals surface area contributed by atoms with Crippen molar-refractivity contribution >= 4 is 38.4 Å². The lowest BCUT2D eigenvalue weighted by atomic mass is 10.3. The number of ether oxygens (including phenoxy) is 1. The third kappa shape index (κ3) is 4.30. The van der Waals surface area contributed by atoms with Crippen molar-refractivity contribution in [3.63, 3.8) is 0 Å². The van der Waals surface area contributed by atoms with Crippen molar-refractivity contribution in [3.05, 3.63) is 58.6 Å². The normalized spacial score (nSPS) is 15.1. The van der Waals surface area contributed by atoms with E-state index in [2.05, 4.69) is 20.1 Å². The topological polar surface area (TPSA) is 140 Å². The van der Waals surface area contributed by atoms with Crippen molar-refractivity contribution in [1.82, 2.24) is 15.0 Å². The van der Waals surface area contributed by atoms with Gasteiger partial charge in [-0.05, 0) is 18.2 Å². The summed E-state index contributed by atoms with van der Waals surface area (Å²) >= 11 is 0. The van der Waals surface area contributed by atoms with Gasteiger partial charge < -0.3 is 4.74 Å². The lowest BCUT2D eigenvalue weighted by Gasteiger charge is -2.28. The monoisotopic (exact) mass is 430 g/mol. The molecule has 11 nitrogen and oxygen atoms in total. The van der Waals surface area contributed by atoms with E-state index in [1.807, 2.05) is 11.1 Å². The highest BCUT2D eigenvalue weighted by molar-refractivity contribution is 7.92. The first-order valence-corrected chi connectivity index (χ1v) is 10.5.